The molecule has 1 N–H and O–H groups in total. The smallest absolute Gasteiger partial charge is 0.220 e. The molecule has 0 bridgehead atoms. The monoisotopic (exact) mass is 460 g/mol. The number of carbonyl (C=O) groups is 2. The Morgan fingerprint density at radius 1 is 0.875 bits per heavy atom. The molecule has 0 fully saturated rings. The lowest BCUT2D eigenvalue weighted by Gasteiger charge is -2.07. The maximum absolute atomic E-state index is 12.2. The standard InChI is InChI=1S/C26H21ClN2O2S/c27-22-11-9-20(10-12-22)24(30)13-14-25(31)28-16-18-5-4-8-21(15-18)26-29-23(17-32-26)19-6-2-1-3-7-19/h1-12,15,17H,13-14,16H2,(H,28,31). The number of nitrogens with zero attached hydrogens (tertiary/aromatic N) is 1. The summed E-state index contributed by atoms with van der Waals surface area (Å²) < 4.78 is 0. The second-order valence-electron chi connectivity index (χ2n) is 7.31. The van der Waals surface area contributed by atoms with Crippen LogP contribution in [0.15, 0.2) is 84.2 Å². The molecular weight excluding hydrogens is 440 g/mol. The molecule has 0 atom stereocenters. The molecule has 1 heterocycles. The topological polar surface area (TPSA) is 59.1 Å². The van der Waals surface area contributed by atoms with E-state index in [1.165, 1.54) is 0 Å². The Labute approximate surface area is 195 Å². The molecule has 0 unspecified atom stereocenters. The Hall–Kier alpha value is -3.28. The third-order valence-corrected chi connectivity index (χ3v) is 6.13. The van der Waals surface area contributed by atoms with Crippen LogP contribution in [-0.4, -0.2) is 16.7 Å². The maximum atomic E-state index is 12.2. The third-order valence-electron chi connectivity index (χ3n) is 4.98. The van der Waals surface area contributed by atoms with Gasteiger partial charge in [-0.05, 0) is 35.9 Å². The zero-order chi connectivity index (χ0) is 22.3. The van der Waals surface area contributed by atoms with E-state index in [9.17, 15) is 9.59 Å². The maximum Gasteiger partial charge on any atom is 0.220 e. The summed E-state index contributed by atoms with van der Waals surface area (Å²) in [6, 6.07) is 24.8. The van der Waals surface area contributed by atoms with E-state index in [1.807, 2.05) is 54.6 Å². The van der Waals surface area contributed by atoms with Gasteiger partial charge in [0, 0.05) is 46.5 Å². The lowest BCUT2D eigenvalue weighted by Crippen LogP contribution is -2.23. The first kappa shape index (κ1) is 21.9. The molecule has 160 valence electrons. The van der Waals surface area contributed by atoms with Crippen LogP contribution in [0, 0.1) is 0 Å². The molecule has 4 aromatic rings. The number of aromatic nitrogens is 1. The molecule has 0 saturated heterocycles. The molecule has 1 aromatic heterocycles. The van der Waals surface area contributed by atoms with E-state index >= 15 is 0 Å². The molecule has 32 heavy (non-hydrogen) atoms. The van der Waals surface area contributed by atoms with Crippen LogP contribution in [0.1, 0.15) is 28.8 Å². The number of hydrogen-bond acceptors (Lipinski definition) is 4. The van der Waals surface area contributed by atoms with E-state index in [0.29, 0.717) is 17.1 Å². The third kappa shape index (κ3) is 5.69. The largest absolute Gasteiger partial charge is 0.352 e. The molecule has 0 spiro atoms. The van der Waals surface area contributed by atoms with Gasteiger partial charge in [-0.25, -0.2) is 4.98 Å². The molecule has 0 saturated carbocycles. The van der Waals surface area contributed by atoms with Crippen LogP contribution >= 0.6 is 22.9 Å². The summed E-state index contributed by atoms with van der Waals surface area (Å²) in [6.07, 6.45) is 0.308. The van der Waals surface area contributed by atoms with Crippen molar-refractivity contribution in [3.63, 3.8) is 0 Å². The van der Waals surface area contributed by atoms with Crippen molar-refractivity contribution in [3.8, 4) is 21.8 Å². The van der Waals surface area contributed by atoms with Gasteiger partial charge in [-0.3, -0.25) is 9.59 Å². The zero-order valence-corrected chi connectivity index (χ0v) is 18.8. The Balaban J connectivity index is 1.32. The SMILES string of the molecule is O=C(CCC(=O)c1ccc(Cl)cc1)NCc1cccc(-c2nc(-c3ccccc3)cs2)c1. The first-order valence-corrected chi connectivity index (χ1v) is 11.5. The van der Waals surface area contributed by atoms with Gasteiger partial charge >= 0.3 is 0 Å². The van der Waals surface area contributed by atoms with Crippen LogP contribution < -0.4 is 5.32 Å². The number of thiazole rings is 1. The van der Waals surface area contributed by atoms with Crippen molar-refractivity contribution in [1.82, 2.24) is 10.3 Å². The van der Waals surface area contributed by atoms with Crippen molar-refractivity contribution in [1.29, 1.82) is 0 Å². The van der Waals surface area contributed by atoms with Gasteiger partial charge in [0.1, 0.15) is 5.01 Å². The van der Waals surface area contributed by atoms with Crippen molar-refractivity contribution in [2.75, 3.05) is 0 Å². The summed E-state index contributed by atoms with van der Waals surface area (Å²) in [5, 5.41) is 6.46. The Morgan fingerprint density at radius 2 is 1.62 bits per heavy atom. The van der Waals surface area contributed by atoms with Gasteiger partial charge in [-0.1, -0.05) is 60.1 Å². The zero-order valence-electron chi connectivity index (χ0n) is 17.3. The quantitative estimate of drug-likeness (QED) is 0.309. The average Bonchev–Trinajstić information content (AvgIpc) is 3.33. The molecule has 0 aliphatic carbocycles. The van der Waals surface area contributed by atoms with Gasteiger partial charge in [0.25, 0.3) is 0 Å². The first-order chi connectivity index (χ1) is 15.6. The molecule has 1 amide bonds. The number of amides is 1. The highest BCUT2D eigenvalue weighted by atomic mass is 35.5. The fraction of sp³-hybridized carbons (Fsp3) is 0.115. The van der Waals surface area contributed by atoms with Gasteiger partial charge in [0.05, 0.1) is 5.69 Å². The predicted molar refractivity (Wildman–Crippen MR) is 130 cm³/mol. The summed E-state index contributed by atoms with van der Waals surface area (Å²) in [4.78, 5) is 29.2. The predicted octanol–water partition coefficient (Wildman–Crippen LogP) is 6.41. The van der Waals surface area contributed by atoms with Crippen molar-refractivity contribution in [3.05, 3.63) is 100 Å². The minimum atomic E-state index is -0.154. The molecule has 3 aromatic carbocycles. The summed E-state index contributed by atoms with van der Waals surface area (Å²) in [5.74, 6) is -0.227. The van der Waals surface area contributed by atoms with Gasteiger partial charge in [0.15, 0.2) is 5.78 Å². The van der Waals surface area contributed by atoms with Crippen molar-refractivity contribution < 1.29 is 9.59 Å². The normalized spacial score (nSPS) is 10.7. The Kier molecular flexibility index (Phi) is 7.10. The number of Topliss-reactive ketones (excluding diaryl/α,β-unsaturated/α-hetero) is 1. The molecule has 0 aliphatic heterocycles. The van der Waals surface area contributed by atoms with Crippen molar-refractivity contribution in [2.24, 2.45) is 0 Å². The van der Waals surface area contributed by atoms with E-state index in [2.05, 4.69) is 10.7 Å². The first-order valence-electron chi connectivity index (χ1n) is 10.2. The van der Waals surface area contributed by atoms with E-state index in [1.54, 1.807) is 35.6 Å². The molecule has 6 heteroatoms. The molecule has 0 radical (unpaired) electrons. The van der Waals surface area contributed by atoms with Crippen LogP contribution in [0.25, 0.3) is 21.8 Å². The lowest BCUT2D eigenvalue weighted by molar-refractivity contribution is -0.121. The van der Waals surface area contributed by atoms with E-state index in [4.69, 9.17) is 16.6 Å². The summed E-state index contributed by atoms with van der Waals surface area (Å²) >= 11 is 7.44. The number of ketones is 1. The highest BCUT2D eigenvalue weighted by Crippen LogP contribution is 2.29. The molecule has 0 aliphatic rings. The number of carbonyl (C=O) groups excluding carboxylic acids is 2. The highest BCUT2D eigenvalue weighted by Gasteiger charge is 2.10. The van der Waals surface area contributed by atoms with Crippen LogP contribution in [0.4, 0.5) is 0 Å². The molecular formula is C26H21ClN2O2S. The van der Waals surface area contributed by atoms with Gasteiger partial charge in [-0.15, -0.1) is 11.3 Å². The van der Waals surface area contributed by atoms with E-state index in [-0.39, 0.29) is 24.5 Å². The van der Waals surface area contributed by atoms with Gasteiger partial charge < -0.3 is 5.32 Å². The second-order valence-corrected chi connectivity index (χ2v) is 8.61. The van der Waals surface area contributed by atoms with Gasteiger partial charge in [0.2, 0.25) is 5.91 Å². The Bertz CT molecular complexity index is 1220. The van der Waals surface area contributed by atoms with Gasteiger partial charge in [-0.2, -0.15) is 0 Å². The summed E-state index contributed by atoms with van der Waals surface area (Å²) in [7, 11) is 0. The fourth-order valence-electron chi connectivity index (χ4n) is 3.26. The van der Waals surface area contributed by atoms with Crippen LogP contribution in [0.3, 0.4) is 0 Å². The number of hydrogen-bond donors (Lipinski definition) is 1. The van der Waals surface area contributed by atoms with E-state index in [0.717, 1.165) is 27.4 Å². The van der Waals surface area contributed by atoms with Crippen LogP contribution in [-0.2, 0) is 11.3 Å². The molecule has 4 nitrogen and oxygen atoms in total. The summed E-state index contributed by atoms with van der Waals surface area (Å²) in [5.41, 5.74) is 4.60. The van der Waals surface area contributed by atoms with Crippen molar-refractivity contribution >= 4 is 34.6 Å². The summed E-state index contributed by atoms with van der Waals surface area (Å²) in [6.45, 7) is 0.402. The number of benzene rings is 3. The lowest BCUT2D eigenvalue weighted by atomic mass is 10.1. The number of halogens is 1. The van der Waals surface area contributed by atoms with Crippen molar-refractivity contribution in [2.45, 2.75) is 19.4 Å². The fourth-order valence-corrected chi connectivity index (χ4v) is 4.21. The average molecular weight is 461 g/mol. The van der Waals surface area contributed by atoms with Crippen LogP contribution in [0.2, 0.25) is 5.02 Å². The Morgan fingerprint density at radius 3 is 2.41 bits per heavy atom. The van der Waals surface area contributed by atoms with E-state index < -0.39 is 0 Å². The minimum absolute atomic E-state index is 0.0724. The van der Waals surface area contributed by atoms with Crippen LogP contribution in [0.5, 0.6) is 0 Å². The molecule has 4 rings (SSSR count). The highest BCUT2D eigenvalue weighted by molar-refractivity contribution is 7.13. The number of nitrogens with one attached hydrogen (secondary N) is 1. The minimum Gasteiger partial charge on any atom is -0.352 e. The second kappa shape index (κ2) is 10.4. The number of rotatable bonds is 8.